The van der Waals surface area contributed by atoms with Crippen molar-refractivity contribution in [3.8, 4) is 0 Å². The lowest BCUT2D eigenvalue weighted by Gasteiger charge is -2.27. The number of halogens is 3. The van der Waals surface area contributed by atoms with Crippen molar-refractivity contribution >= 4 is 46.7 Å². The smallest absolute Gasteiger partial charge is 0.310 e. The molecule has 0 radical (unpaired) electrons. The highest BCUT2D eigenvalue weighted by Gasteiger charge is 2.36. The fourth-order valence-corrected chi connectivity index (χ4v) is 3.10. The van der Waals surface area contributed by atoms with Crippen molar-refractivity contribution in [1.82, 2.24) is 5.32 Å². The van der Waals surface area contributed by atoms with Crippen LogP contribution >= 0.6 is 34.8 Å². The van der Waals surface area contributed by atoms with E-state index in [-0.39, 0.29) is 15.4 Å². The minimum atomic E-state index is -0.770. The van der Waals surface area contributed by atoms with E-state index in [1.165, 1.54) is 0 Å². The van der Waals surface area contributed by atoms with Crippen molar-refractivity contribution in [3.05, 3.63) is 57.6 Å². The predicted molar refractivity (Wildman–Crippen MR) is 104 cm³/mol. The molecule has 1 aromatic rings. The van der Waals surface area contributed by atoms with E-state index in [0.717, 1.165) is 5.56 Å². The number of nitrogens with one attached hydrogen (secondary N) is 1. The molecule has 0 saturated carbocycles. The molecule has 0 aromatic heterocycles. The van der Waals surface area contributed by atoms with E-state index >= 15 is 0 Å². The zero-order chi connectivity index (χ0) is 19.1. The Kier molecular flexibility index (Phi) is 8.01. The molecule has 2 rings (SSSR count). The predicted octanol–water partition coefficient (Wildman–Crippen LogP) is 4.70. The summed E-state index contributed by atoms with van der Waals surface area (Å²) in [6.07, 6.45) is 3.93. The van der Waals surface area contributed by atoms with Crippen LogP contribution in [-0.4, -0.2) is 18.0 Å². The number of amides is 1. The summed E-state index contributed by atoms with van der Waals surface area (Å²) in [6, 6.07) is 9.59. The molecule has 0 fully saturated rings. The topological polar surface area (TPSA) is 55.4 Å². The van der Waals surface area contributed by atoms with E-state index in [0.29, 0.717) is 19.4 Å². The van der Waals surface area contributed by atoms with Crippen LogP contribution in [-0.2, 0) is 20.9 Å². The lowest BCUT2D eigenvalue weighted by atomic mass is 9.82. The number of hydrogen-bond acceptors (Lipinski definition) is 3. The van der Waals surface area contributed by atoms with Crippen LogP contribution < -0.4 is 5.32 Å². The molecule has 0 heterocycles. The average Bonchev–Trinajstić information content (AvgIpc) is 2.66. The lowest BCUT2D eigenvalue weighted by molar-refractivity contribution is -0.155. The van der Waals surface area contributed by atoms with Crippen molar-refractivity contribution < 1.29 is 14.3 Å². The van der Waals surface area contributed by atoms with E-state index in [9.17, 15) is 9.59 Å². The summed E-state index contributed by atoms with van der Waals surface area (Å²) in [6.45, 7) is 1.99. The fraction of sp³-hybridized carbons (Fsp3) is 0.368. The molecule has 1 aliphatic carbocycles. The van der Waals surface area contributed by atoms with Crippen LogP contribution in [0.3, 0.4) is 0 Å². The molecule has 0 aliphatic heterocycles. The molecule has 0 spiro atoms. The highest BCUT2D eigenvalue weighted by Crippen LogP contribution is 2.29. The minimum absolute atomic E-state index is 0.0538. The molecule has 4 nitrogen and oxygen atoms in total. The maximum absolute atomic E-state index is 12.6. The van der Waals surface area contributed by atoms with Crippen LogP contribution in [0.1, 0.15) is 25.3 Å². The van der Waals surface area contributed by atoms with E-state index in [2.05, 4.69) is 5.32 Å². The normalized spacial score (nSPS) is 20.2. The minimum Gasteiger partial charge on any atom is -0.457 e. The van der Waals surface area contributed by atoms with Gasteiger partial charge in [-0.05, 0) is 25.3 Å². The number of benzene rings is 1. The Morgan fingerprint density at radius 3 is 2.35 bits per heavy atom. The van der Waals surface area contributed by atoms with Gasteiger partial charge in [-0.2, -0.15) is 0 Å². The van der Waals surface area contributed by atoms with Gasteiger partial charge in [0.1, 0.15) is 10.6 Å². The van der Waals surface area contributed by atoms with E-state index in [4.69, 9.17) is 39.5 Å². The van der Waals surface area contributed by atoms with E-state index < -0.39 is 23.9 Å². The summed E-state index contributed by atoms with van der Waals surface area (Å²) in [5, 5.41) is 2.94. The van der Waals surface area contributed by atoms with Crippen LogP contribution in [0.25, 0.3) is 0 Å². The summed E-state index contributed by atoms with van der Waals surface area (Å²) in [4.78, 5) is 25.1. The molecular formula is C19H20Cl3NO3. The maximum Gasteiger partial charge on any atom is 0.310 e. The zero-order valence-electron chi connectivity index (χ0n) is 14.3. The number of carbonyl (C=O) groups is 2. The van der Waals surface area contributed by atoms with Crippen molar-refractivity contribution in [2.75, 3.05) is 0 Å². The number of rotatable bonds is 6. The first-order valence-electron chi connectivity index (χ1n) is 8.28. The summed E-state index contributed by atoms with van der Waals surface area (Å²) in [7, 11) is 0. The Morgan fingerprint density at radius 2 is 1.73 bits per heavy atom. The summed E-state index contributed by atoms with van der Waals surface area (Å²) in [5.41, 5.74) is 0.994. The first-order chi connectivity index (χ1) is 12.4. The van der Waals surface area contributed by atoms with Crippen LogP contribution in [0.15, 0.2) is 52.0 Å². The highest BCUT2D eigenvalue weighted by atomic mass is 35.5. The van der Waals surface area contributed by atoms with Crippen LogP contribution in [0, 0.1) is 11.8 Å². The molecule has 1 amide bonds. The second-order valence-corrected chi connectivity index (χ2v) is 7.40. The Balaban J connectivity index is 2.00. The van der Waals surface area contributed by atoms with Gasteiger partial charge in [-0.15, -0.1) is 0 Å². The third-order valence-corrected chi connectivity index (χ3v) is 5.31. The van der Waals surface area contributed by atoms with Crippen LogP contribution in [0.5, 0.6) is 0 Å². The summed E-state index contributed by atoms with van der Waals surface area (Å²) < 4.78 is 5.20. The standard InChI is InChI=1S/C19H20Cl3NO3/c1-12(16(20)17(21)22)26-19(25)15-10-6-5-9-14(15)18(24)23-11-13-7-3-2-4-8-13/h2-8,12,14-15H,9-11H2,1H3,(H,23,24)/t12-,14+,15+/m0/s1. The van der Waals surface area contributed by atoms with Gasteiger partial charge in [0, 0.05) is 6.54 Å². The number of esters is 1. The zero-order valence-corrected chi connectivity index (χ0v) is 16.5. The Morgan fingerprint density at radius 1 is 1.12 bits per heavy atom. The second kappa shape index (κ2) is 10.0. The number of allylic oxidation sites excluding steroid dienone is 2. The van der Waals surface area contributed by atoms with Crippen LogP contribution in [0.4, 0.5) is 0 Å². The highest BCUT2D eigenvalue weighted by molar-refractivity contribution is 6.59. The summed E-state index contributed by atoms with van der Waals surface area (Å²) in [5.74, 6) is -1.73. The molecule has 3 atom stereocenters. The van der Waals surface area contributed by atoms with Gasteiger partial charge in [-0.3, -0.25) is 9.59 Å². The van der Waals surface area contributed by atoms with Crippen molar-refractivity contribution in [1.29, 1.82) is 0 Å². The van der Waals surface area contributed by atoms with E-state index in [1.807, 2.05) is 42.5 Å². The molecule has 1 N–H and O–H groups in total. The summed E-state index contributed by atoms with van der Waals surface area (Å²) >= 11 is 17.1. The monoisotopic (exact) mass is 415 g/mol. The van der Waals surface area contributed by atoms with Crippen molar-refractivity contribution in [2.24, 2.45) is 11.8 Å². The van der Waals surface area contributed by atoms with Gasteiger partial charge < -0.3 is 10.1 Å². The molecular weight excluding hydrogens is 397 g/mol. The van der Waals surface area contributed by atoms with Gasteiger partial charge in [0.15, 0.2) is 0 Å². The average molecular weight is 417 g/mol. The Hall–Kier alpha value is -1.49. The lowest BCUT2D eigenvalue weighted by Crippen LogP contribution is -2.39. The first kappa shape index (κ1) is 20.8. The Bertz CT molecular complexity index is 699. The van der Waals surface area contributed by atoms with Gasteiger partial charge in [0.05, 0.1) is 16.9 Å². The van der Waals surface area contributed by atoms with E-state index in [1.54, 1.807) is 6.92 Å². The molecule has 0 bridgehead atoms. The molecule has 1 aromatic carbocycles. The molecule has 140 valence electrons. The van der Waals surface area contributed by atoms with Crippen molar-refractivity contribution in [3.63, 3.8) is 0 Å². The second-order valence-electron chi connectivity index (χ2n) is 6.05. The SMILES string of the molecule is C[C@H](OC(=O)[C@@H]1CC=CC[C@H]1C(=O)NCc1ccccc1)C(Cl)=C(Cl)Cl. The van der Waals surface area contributed by atoms with Gasteiger partial charge in [-0.25, -0.2) is 0 Å². The van der Waals surface area contributed by atoms with Gasteiger partial charge >= 0.3 is 5.97 Å². The maximum atomic E-state index is 12.6. The fourth-order valence-electron chi connectivity index (χ4n) is 2.75. The molecule has 1 aliphatic rings. The number of ether oxygens (including phenoxy) is 1. The third kappa shape index (κ3) is 5.76. The number of carbonyl (C=O) groups excluding carboxylic acids is 2. The first-order valence-corrected chi connectivity index (χ1v) is 9.41. The van der Waals surface area contributed by atoms with Crippen LogP contribution in [0.2, 0.25) is 0 Å². The van der Waals surface area contributed by atoms with Gasteiger partial charge in [-0.1, -0.05) is 77.3 Å². The molecule has 0 saturated heterocycles. The van der Waals surface area contributed by atoms with Crippen molar-refractivity contribution in [2.45, 2.75) is 32.4 Å². The molecule has 0 unspecified atom stereocenters. The molecule has 26 heavy (non-hydrogen) atoms. The van der Waals surface area contributed by atoms with Gasteiger partial charge in [0.25, 0.3) is 0 Å². The largest absolute Gasteiger partial charge is 0.457 e. The number of hydrogen-bond donors (Lipinski definition) is 1. The third-order valence-electron chi connectivity index (χ3n) is 4.21. The van der Waals surface area contributed by atoms with Gasteiger partial charge in [0.2, 0.25) is 5.91 Å². The Labute approximate surface area is 168 Å². The quantitative estimate of drug-likeness (QED) is 0.540. The molecule has 7 heteroatoms.